The Kier molecular flexibility index (Phi) is 4.09. The highest BCUT2D eigenvalue weighted by Crippen LogP contribution is 2.15. The fourth-order valence-electron chi connectivity index (χ4n) is 1.65. The van der Waals surface area contributed by atoms with Gasteiger partial charge in [-0.1, -0.05) is 0 Å². The Hall–Kier alpha value is -1.87. The van der Waals surface area contributed by atoms with Crippen LogP contribution in [0.4, 0.5) is 11.6 Å². The highest BCUT2D eigenvalue weighted by Gasteiger charge is 2.14. The Morgan fingerprint density at radius 3 is 2.80 bits per heavy atom. The largest absolute Gasteiger partial charge is 0.372 e. The van der Waals surface area contributed by atoms with Gasteiger partial charge >= 0.3 is 0 Å². The number of hydrogen-bond acceptors (Lipinski definition) is 6. The molecule has 2 N–H and O–H groups in total. The predicted molar refractivity (Wildman–Crippen MR) is 78.5 cm³/mol. The van der Waals surface area contributed by atoms with Crippen molar-refractivity contribution in [3.05, 3.63) is 18.6 Å². The fraction of sp³-hybridized carbons (Fsp3) is 0.455. The molecular formula is C11H18N6O2S. The number of rotatable bonds is 6. The van der Waals surface area contributed by atoms with Crippen LogP contribution in [-0.2, 0) is 10.0 Å². The molecule has 0 saturated carbocycles. The third-order valence-corrected chi connectivity index (χ3v) is 4.67. The van der Waals surface area contributed by atoms with Crippen molar-refractivity contribution in [3.63, 3.8) is 0 Å². The van der Waals surface area contributed by atoms with Crippen LogP contribution in [0.1, 0.15) is 0 Å². The molecule has 2 aromatic heterocycles. The van der Waals surface area contributed by atoms with E-state index in [-0.39, 0.29) is 12.3 Å². The number of fused-ring (bicyclic) bond motifs is 1. The molecule has 9 heteroatoms. The number of imidazole rings is 1. The summed E-state index contributed by atoms with van der Waals surface area (Å²) in [6, 6.07) is 0. The average molecular weight is 298 g/mol. The molecule has 0 aliphatic carbocycles. The van der Waals surface area contributed by atoms with Crippen LogP contribution >= 0.6 is 0 Å². The minimum Gasteiger partial charge on any atom is -0.372 e. The maximum absolute atomic E-state index is 11.7. The van der Waals surface area contributed by atoms with Crippen LogP contribution in [0.5, 0.6) is 0 Å². The Bertz CT molecular complexity index is 694. The molecule has 2 heterocycles. The summed E-state index contributed by atoms with van der Waals surface area (Å²) in [5.74, 6) is 1.22. The van der Waals surface area contributed by atoms with Gasteiger partial charge in [-0.15, -0.1) is 0 Å². The van der Waals surface area contributed by atoms with Gasteiger partial charge in [0, 0.05) is 40.1 Å². The van der Waals surface area contributed by atoms with Crippen molar-refractivity contribution >= 4 is 27.3 Å². The van der Waals surface area contributed by atoms with Crippen LogP contribution in [0.3, 0.4) is 0 Å². The molecule has 2 aromatic rings. The zero-order valence-electron chi connectivity index (χ0n) is 11.7. The van der Waals surface area contributed by atoms with Gasteiger partial charge in [-0.3, -0.25) is 0 Å². The van der Waals surface area contributed by atoms with Gasteiger partial charge < -0.3 is 15.0 Å². The molecule has 0 atom stereocenters. The van der Waals surface area contributed by atoms with Gasteiger partial charge in [0.2, 0.25) is 10.0 Å². The highest BCUT2D eigenvalue weighted by atomic mass is 32.2. The molecule has 0 saturated heterocycles. The number of nitrogens with one attached hydrogen (secondary N) is 2. The molecule has 0 aliphatic heterocycles. The van der Waals surface area contributed by atoms with Gasteiger partial charge in [0.25, 0.3) is 0 Å². The fourth-order valence-corrected chi connectivity index (χ4v) is 2.38. The Balaban J connectivity index is 2.15. The lowest BCUT2D eigenvalue weighted by atomic mass is 10.5. The topological polar surface area (TPSA) is 91.6 Å². The first-order chi connectivity index (χ1) is 9.44. The number of hydrogen-bond donors (Lipinski definition) is 2. The predicted octanol–water partition coefficient (Wildman–Crippen LogP) is 0.0743. The first-order valence-corrected chi connectivity index (χ1v) is 7.70. The van der Waals surface area contributed by atoms with Crippen molar-refractivity contribution in [1.29, 1.82) is 0 Å². The van der Waals surface area contributed by atoms with Crippen molar-refractivity contribution in [2.24, 2.45) is 0 Å². The van der Waals surface area contributed by atoms with Crippen molar-refractivity contribution in [3.8, 4) is 0 Å². The molecule has 0 radical (unpaired) electrons. The maximum Gasteiger partial charge on any atom is 0.215 e. The van der Waals surface area contributed by atoms with Crippen LogP contribution in [0.2, 0.25) is 0 Å². The van der Waals surface area contributed by atoms with Gasteiger partial charge in [-0.2, -0.15) is 0 Å². The second-order valence-electron chi connectivity index (χ2n) is 4.41. The van der Waals surface area contributed by atoms with E-state index in [0.717, 1.165) is 0 Å². The van der Waals surface area contributed by atoms with E-state index in [2.05, 4.69) is 20.6 Å². The summed E-state index contributed by atoms with van der Waals surface area (Å²) in [5.41, 5.74) is 0.659. The molecule has 0 aromatic carbocycles. The van der Waals surface area contributed by atoms with Crippen LogP contribution < -0.4 is 10.6 Å². The van der Waals surface area contributed by atoms with Gasteiger partial charge in [-0.05, 0) is 0 Å². The van der Waals surface area contributed by atoms with Crippen molar-refractivity contribution in [2.75, 3.05) is 44.1 Å². The van der Waals surface area contributed by atoms with Gasteiger partial charge in [-0.25, -0.2) is 22.7 Å². The third kappa shape index (κ3) is 2.99. The first-order valence-electron chi connectivity index (χ1n) is 6.09. The van der Waals surface area contributed by atoms with Crippen molar-refractivity contribution in [1.82, 2.24) is 18.7 Å². The molecule has 0 unspecified atom stereocenters. The minimum atomic E-state index is -3.22. The Morgan fingerprint density at radius 2 is 2.15 bits per heavy atom. The summed E-state index contributed by atoms with van der Waals surface area (Å²) < 4.78 is 26.4. The lowest BCUT2D eigenvalue weighted by Gasteiger charge is -2.12. The Morgan fingerprint density at radius 1 is 1.40 bits per heavy atom. The van der Waals surface area contributed by atoms with Gasteiger partial charge in [0.05, 0.1) is 11.9 Å². The smallest absolute Gasteiger partial charge is 0.215 e. The van der Waals surface area contributed by atoms with E-state index in [1.807, 2.05) is 10.6 Å². The van der Waals surface area contributed by atoms with Gasteiger partial charge in [0.1, 0.15) is 5.82 Å². The van der Waals surface area contributed by atoms with E-state index in [0.29, 0.717) is 17.3 Å². The second-order valence-corrected chi connectivity index (χ2v) is 6.71. The van der Waals surface area contributed by atoms with E-state index in [4.69, 9.17) is 0 Å². The molecule has 8 nitrogen and oxygen atoms in total. The SMILES string of the molecule is CNc1cn2ccnc2c(NCCS(=O)(=O)N(C)C)n1. The quantitative estimate of drug-likeness (QED) is 0.784. The summed E-state index contributed by atoms with van der Waals surface area (Å²) in [5, 5.41) is 5.97. The summed E-state index contributed by atoms with van der Waals surface area (Å²) >= 11 is 0. The summed E-state index contributed by atoms with van der Waals surface area (Å²) in [6.45, 7) is 0.267. The second kappa shape index (κ2) is 5.63. The number of aromatic nitrogens is 3. The van der Waals surface area contributed by atoms with Crippen LogP contribution in [0.25, 0.3) is 5.65 Å². The third-order valence-electron chi connectivity index (χ3n) is 2.84. The summed E-state index contributed by atoms with van der Waals surface area (Å²) in [4.78, 5) is 8.54. The monoisotopic (exact) mass is 298 g/mol. The number of sulfonamides is 1. The molecule has 20 heavy (non-hydrogen) atoms. The van der Waals surface area contributed by atoms with Crippen LogP contribution in [-0.4, -0.2) is 60.5 Å². The van der Waals surface area contributed by atoms with E-state index < -0.39 is 10.0 Å². The molecule has 0 fully saturated rings. The molecule has 2 rings (SSSR count). The molecule has 0 amide bonds. The van der Waals surface area contributed by atoms with E-state index >= 15 is 0 Å². The highest BCUT2D eigenvalue weighted by molar-refractivity contribution is 7.89. The minimum absolute atomic E-state index is 0.00166. The maximum atomic E-state index is 11.7. The van der Waals surface area contributed by atoms with Crippen LogP contribution in [0, 0.1) is 0 Å². The van der Waals surface area contributed by atoms with Crippen molar-refractivity contribution < 1.29 is 8.42 Å². The lowest BCUT2D eigenvalue weighted by Crippen LogP contribution is -2.28. The van der Waals surface area contributed by atoms with E-state index in [9.17, 15) is 8.42 Å². The molecular weight excluding hydrogens is 280 g/mol. The zero-order chi connectivity index (χ0) is 14.8. The average Bonchev–Trinajstić information content (AvgIpc) is 2.86. The molecule has 110 valence electrons. The normalized spacial score (nSPS) is 12.0. The molecule has 0 spiro atoms. The number of anilines is 2. The van der Waals surface area contributed by atoms with E-state index in [1.165, 1.54) is 18.4 Å². The zero-order valence-corrected chi connectivity index (χ0v) is 12.5. The van der Waals surface area contributed by atoms with E-state index in [1.54, 1.807) is 19.4 Å². The van der Waals surface area contributed by atoms with Crippen LogP contribution in [0.15, 0.2) is 18.6 Å². The molecule has 0 aliphatic rings. The standard InChI is InChI=1S/C11H18N6O2S/c1-12-9-8-17-6-4-14-11(17)10(15-9)13-5-7-20(18,19)16(2)3/h4,6,8,12H,5,7H2,1-3H3,(H,13,15). The summed E-state index contributed by atoms with van der Waals surface area (Å²) in [6.07, 6.45) is 5.28. The van der Waals surface area contributed by atoms with Crippen molar-refractivity contribution in [2.45, 2.75) is 0 Å². The Labute approximate surface area is 117 Å². The lowest BCUT2D eigenvalue weighted by molar-refractivity contribution is 0.521. The summed E-state index contributed by atoms with van der Waals surface area (Å²) in [7, 11) is 1.58. The first kappa shape index (κ1) is 14.5. The van der Waals surface area contributed by atoms with Gasteiger partial charge in [0.15, 0.2) is 11.5 Å². The molecule has 0 bridgehead atoms. The number of nitrogens with zero attached hydrogens (tertiary/aromatic N) is 4.